The van der Waals surface area contributed by atoms with Crippen molar-refractivity contribution in [2.24, 2.45) is 0 Å². The summed E-state index contributed by atoms with van der Waals surface area (Å²) in [4.78, 5) is 36.0. The van der Waals surface area contributed by atoms with E-state index in [1.54, 1.807) is 48.5 Å². The lowest BCUT2D eigenvalue weighted by Gasteiger charge is -2.08. The number of nitrogens with zero attached hydrogens (tertiary/aromatic N) is 1. The van der Waals surface area contributed by atoms with Crippen LogP contribution < -0.4 is 15.6 Å². The molecule has 0 spiro atoms. The Kier molecular flexibility index (Phi) is 5.46. The Hall–Kier alpha value is -3.68. The fourth-order valence-corrected chi connectivity index (χ4v) is 2.47. The minimum atomic E-state index is -0.802. The molecular formula is C19H17N3O5. The number of hydrogen-bond acceptors (Lipinski definition) is 6. The highest BCUT2D eigenvalue weighted by Crippen LogP contribution is 2.16. The zero-order valence-electron chi connectivity index (χ0n) is 14.5. The van der Waals surface area contributed by atoms with Crippen molar-refractivity contribution in [3.05, 3.63) is 64.6 Å². The largest absolute Gasteiger partial charge is 0.494 e. The van der Waals surface area contributed by atoms with Crippen LogP contribution in [-0.2, 0) is 9.53 Å². The fraction of sp³-hybridized carbons (Fsp3) is 0.158. The fourth-order valence-electron chi connectivity index (χ4n) is 2.47. The van der Waals surface area contributed by atoms with Gasteiger partial charge in [0.25, 0.3) is 11.5 Å². The normalized spacial score (nSPS) is 10.4. The van der Waals surface area contributed by atoms with E-state index in [0.717, 1.165) is 0 Å². The Balaban J connectivity index is 1.63. The third kappa shape index (κ3) is 4.30. The van der Waals surface area contributed by atoms with E-state index in [1.807, 2.05) is 6.92 Å². The number of esters is 1. The number of aromatic amines is 1. The number of nitrogens with one attached hydrogen (secondary N) is 2. The predicted octanol–water partition coefficient (Wildman–Crippen LogP) is 2.12. The first kappa shape index (κ1) is 18.1. The number of H-pyrrole nitrogens is 1. The van der Waals surface area contributed by atoms with Crippen molar-refractivity contribution < 1.29 is 19.1 Å². The van der Waals surface area contributed by atoms with E-state index in [4.69, 9.17) is 9.47 Å². The molecule has 8 heteroatoms. The second kappa shape index (κ2) is 8.13. The molecule has 138 valence electrons. The monoisotopic (exact) mass is 367 g/mol. The van der Waals surface area contributed by atoms with Gasteiger partial charge in [-0.2, -0.15) is 5.10 Å². The summed E-state index contributed by atoms with van der Waals surface area (Å²) in [6.07, 6.45) is 0. The number of anilines is 1. The van der Waals surface area contributed by atoms with Crippen molar-refractivity contribution in [2.75, 3.05) is 18.5 Å². The summed E-state index contributed by atoms with van der Waals surface area (Å²) in [5, 5.41) is 9.28. The summed E-state index contributed by atoms with van der Waals surface area (Å²) in [5.74, 6) is -0.608. The van der Waals surface area contributed by atoms with Gasteiger partial charge in [-0.25, -0.2) is 9.89 Å². The highest BCUT2D eigenvalue weighted by molar-refractivity contribution is 6.03. The molecule has 0 fully saturated rings. The molecule has 8 nitrogen and oxygen atoms in total. The number of amides is 1. The predicted molar refractivity (Wildman–Crippen MR) is 98.9 cm³/mol. The summed E-state index contributed by atoms with van der Waals surface area (Å²) in [6, 6.07) is 13.3. The molecule has 3 rings (SSSR count). The van der Waals surface area contributed by atoms with Gasteiger partial charge in [-0.15, -0.1) is 0 Å². The molecule has 1 aromatic heterocycles. The van der Waals surface area contributed by atoms with Crippen LogP contribution in [0.4, 0.5) is 5.69 Å². The van der Waals surface area contributed by atoms with E-state index >= 15 is 0 Å². The van der Waals surface area contributed by atoms with E-state index in [0.29, 0.717) is 28.8 Å². The van der Waals surface area contributed by atoms with Gasteiger partial charge >= 0.3 is 5.97 Å². The van der Waals surface area contributed by atoms with Crippen LogP contribution in [0.2, 0.25) is 0 Å². The van der Waals surface area contributed by atoms with Crippen molar-refractivity contribution in [3.63, 3.8) is 0 Å². The van der Waals surface area contributed by atoms with E-state index in [9.17, 15) is 14.4 Å². The van der Waals surface area contributed by atoms with Gasteiger partial charge in [0.2, 0.25) is 0 Å². The quantitative estimate of drug-likeness (QED) is 0.646. The average molecular weight is 367 g/mol. The van der Waals surface area contributed by atoms with Crippen LogP contribution in [0.5, 0.6) is 5.75 Å². The summed E-state index contributed by atoms with van der Waals surface area (Å²) < 4.78 is 10.3. The standard InChI is InChI=1S/C19H17N3O5/c1-2-26-13-9-7-12(8-10-13)20-16(23)11-27-19(25)17-14-5-3-4-6-15(14)18(24)22-21-17/h3-10H,2,11H2,1H3,(H,20,23)(H,22,24). The van der Waals surface area contributed by atoms with Crippen LogP contribution >= 0.6 is 0 Å². The van der Waals surface area contributed by atoms with E-state index in [1.165, 1.54) is 0 Å². The minimum Gasteiger partial charge on any atom is -0.494 e. The zero-order valence-corrected chi connectivity index (χ0v) is 14.5. The second-order valence-corrected chi connectivity index (χ2v) is 5.53. The molecule has 0 saturated heterocycles. The molecule has 3 aromatic rings. The van der Waals surface area contributed by atoms with Gasteiger partial charge < -0.3 is 14.8 Å². The van der Waals surface area contributed by atoms with E-state index < -0.39 is 24.0 Å². The third-order valence-electron chi connectivity index (χ3n) is 3.67. The molecule has 1 amide bonds. The highest BCUT2D eigenvalue weighted by Gasteiger charge is 2.16. The molecule has 0 bridgehead atoms. The third-order valence-corrected chi connectivity index (χ3v) is 3.67. The molecular weight excluding hydrogens is 350 g/mol. The molecule has 0 saturated carbocycles. The molecule has 0 aliphatic rings. The summed E-state index contributed by atoms with van der Waals surface area (Å²) in [7, 11) is 0. The van der Waals surface area contributed by atoms with Crippen LogP contribution in [0, 0.1) is 0 Å². The number of ether oxygens (including phenoxy) is 2. The summed E-state index contributed by atoms with van der Waals surface area (Å²) >= 11 is 0. The van der Waals surface area contributed by atoms with Gasteiger partial charge in [-0.05, 0) is 37.3 Å². The average Bonchev–Trinajstić information content (AvgIpc) is 2.68. The van der Waals surface area contributed by atoms with Crippen molar-refractivity contribution in [2.45, 2.75) is 6.92 Å². The molecule has 2 aromatic carbocycles. The van der Waals surface area contributed by atoms with Gasteiger partial charge in [0.1, 0.15) is 5.75 Å². The molecule has 0 aliphatic heterocycles. The maximum absolute atomic E-state index is 12.2. The Morgan fingerprint density at radius 3 is 2.48 bits per heavy atom. The maximum Gasteiger partial charge on any atom is 0.359 e. The molecule has 0 radical (unpaired) electrons. The minimum absolute atomic E-state index is 0.0564. The number of aromatic nitrogens is 2. The number of hydrogen-bond donors (Lipinski definition) is 2. The number of carbonyl (C=O) groups is 2. The van der Waals surface area contributed by atoms with Crippen molar-refractivity contribution in [1.82, 2.24) is 10.2 Å². The number of fused-ring (bicyclic) bond motifs is 1. The highest BCUT2D eigenvalue weighted by atomic mass is 16.5. The van der Waals surface area contributed by atoms with Crippen LogP contribution in [-0.4, -0.2) is 35.3 Å². The first-order valence-electron chi connectivity index (χ1n) is 8.25. The summed E-state index contributed by atoms with van der Waals surface area (Å²) in [6.45, 7) is 1.95. The topological polar surface area (TPSA) is 110 Å². The lowest BCUT2D eigenvalue weighted by molar-refractivity contribution is -0.119. The van der Waals surface area contributed by atoms with Gasteiger partial charge in [-0.1, -0.05) is 18.2 Å². The van der Waals surface area contributed by atoms with Crippen molar-refractivity contribution >= 4 is 28.3 Å². The lowest BCUT2D eigenvalue weighted by atomic mass is 10.1. The molecule has 2 N–H and O–H groups in total. The lowest BCUT2D eigenvalue weighted by Crippen LogP contribution is -2.22. The molecule has 0 atom stereocenters. The number of carbonyl (C=O) groups excluding carboxylic acids is 2. The van der Waals surface area contributed by atoms with Crippen LogP contribution in [0.1, 0.15) is 17.4 Å². The van der Waals surface area contributed by atoms with Gasteiger partial charge in [0.05, 0.1) is 12.0 Å². The Morgan fingerprint density at radius 1 is 1.07 bits per heavy atom. The number of rotatable bonds is 6. The first-order chi connectivity index (χ1) is 13.1. The van der Waals surface area contributed by atoms with Gasteiger partial charge in [0.15, 0.2) is 12.3 Å². The zero-order chi connectivity index (χ0) is 19.2. The smallest absolute Gasteiger partial charge is 0.359 e. The van der Waals surface area contributed by atoms with E-state index in [-0.39, 0.29) is 5.69 Å². The number of benzene rings is 2. The van der Waals surface area contributed by atoms with Crippen LogP contribution in [0.3, 0.4) is 0 Å². The Morgan fingerprint density at radius 2 is 1.78 bits per heavy atom. The van der Waals surface area contributed by atoms with E-state index in [2.05, 4.69) is 15.5 Å². The van der Waals surface area contributed by atoms with Crippen LogP contribution in [0.25, 0.3) is 10.8 Å². The molecule has 1 heterocycles. The first-order valence-corrected chi connectivity index (χ1v) is 8.25. The van der Waals surface area contributed by atoms with Gasteiger partial charge in [-0.3, -0.25) is 9.59 Å². The second-order valence-electron chi connectivity index (χ2n) is 5.53. The van der Waals surface area contributed by atoms with Crippen molar-refractivity contribution in [3.8, 4) is 5.75 Å². The SMILES string of the molecule is CCOc1ccc(NC(=O)COC(=O)c2n[nH]c(=O)c3ccccc23)cc1. The van der Waals surface area contributed by atoms with Gasteiger partial charge in [0, 0.05) is 11.1 Å². The Labute approximate surface area is 154 Å². The molecule has 0 unspecified atom stereocenters. The summed E-state index contributed by atoms with van der Waals surface area (Å²) in [5.41, 5.74) is 0.0848. The van der Waals surface area contributed by atoms with Crippen LogP contribution in [0.15, 0.2) is 53.3 Å². The molecule has 27 heavy (non-hydrogen) atoms. The maximum atomic E-state index is 12.2. The van der Waals surface area contributed by atoms with Crippen molar-refractivity contribution in [1.29, 1.82) is 0 Å². The molecule has 0 aliphatic carbocycles. The Bertz CT molecular complexity index is 1030.